The predicted octanol–water partition coefficient (Wildman–Crippen LogP) is 5.35. The molecule has 1 aromatic heterocycles. The van der Waals surface area contributed by atoms with Crippen LogP contribution in [0.15, 0.2) is 56.6 Å². The third-order valence-electron chi connectivity index (χ3n) is 5.07. The van der Waals surface area contributed by atoms with Crippen LogP contribution in [0.3, 0.4) is 0 Å². The maximum Gasteiger partial charge on any atom is 0.277 e. The number of thioether (sulfide) groups is 1. The highest BCUT2D eigenvalue weighted by atomic mass is 79.9. The van der Waals surface area contributed by atoms with E-state index in [1.54, 1.807) is 0 Å². The lowest BCUT2D eigenvalue weighted by Crippen LogP contribution is -2.28. The van der Waals surface area contributed by atoms with Crippen molar-refractivity contribution in [3.63, 3.8) is 0 Å². The zero-order chi connectivity index (χ0) is 20.2. The molecule has 150 valence electrons. The van der Waals surface area contributed by atoms with Crippen molar-refractivity contribution in [1.29, 1.82) is 0 Å². The van der Waals surface area contributed by atoms with Gasteiger partial charge in [-0.25, -0.2) is 0 Å². The topological polar surface area (TPSA) is 68.0 Å². The van der Waals surface area contributed by atoms with Crippen LogP contribution in [0.2, 0.25) is 0 Å². The van der Waals surface area contributed by atoms with E-state index >= 15 is 0 Å². The molecule has 1 aliphatic rings. The molecule has 7 heteroatoms. The number of carbonyl (C=O) groups is 1. The van der Waals surface area contributed by atoms with E-state index in [0.29, 0.717) is 11.1 Å². The van der Waals surface area contributed by atoms with Gasteiger partial charge in [-0.05, 0) is 73.6 Å². The Kier molecular flexibility index (Phi) is 6.35. The number of benzene rings is 2. The average molecular weight is 472 g/mol. The molecular weight excluding hydrogens is 450 g/mol. The normalized spacial score (nSPS) is 14.3. The van der Waals surface area contributed by atoms with Gasteiger partial charge in [-0.3, -0.25) is 4.79 Å². The molecule has 2 aromatic carbocycles. The average Bonchev–Trinajstić information content (AvgIpc) is 3.21. The van der Waals surface area contributed by atoms with Crippen LogP contribution in [-0.4, -0.2) is 21.9 Å². The van der Waals surface area contributed by atoms with E-state index in [4.69, 9.17) is 4.42 Å². The Bertz CT molecular complexity index is 1000. The number of fused-ring (bicyclic) bond motifs is 1. The summed E-state index contributed by atoms with van der Waals surface area (Å²) in [6.07, 6.45) is 4.83. The van der Waals surface area contributed by atoms with Crippen LogP contribution in [0.4, 0.5) is 0 Å². The Morgan fingerprint density at radius 2 is 1.90 bits per heavy atom. The Labute approximate surface area is 182 Å². The molecule has 1 atom stereocenters. The first-order valence-electron chi connectivity index (χ1n) is 9.72. The SMILES string of the molecule is CC(NC(=O)CSc1nnc(-c2ccc(Br)cc2)o1)c1ccc2c(c1)CCCC2. The fraction of sp³-hybridized carbons (Fsp3) is 0.318. The second-order valence-electron chi connectivity index (χ2n) is 7.19. The summed E-state index contributed by atoms with van der Waals surface area (Å²) in [5, 5.41) is 11.5. The lowest BCUT2D eigenvalue weighted by atomic mass is 9.89. The minimum absolute atomic E-state index is 0.0312. The molecule has 3 aromatic rings. The number of hydrogen-bond acceptors (Lipinski definition) is 5. The Morgan fingerprint density at radius 1 is 1.14 bits per heavy atom. The van der Waals surface area contributed by atoms with Gasteiger partial charge in [0.2, 0.25) is 11.8 Å². The van der Waals surface area contributed by atoms with E-state index in [0.717, 1.165) is 22.0 Å². The zero-order valence-electron chi connectivity index (χ0n) is 16.2. The molecule has 0 saturated carbocycles. The van der Waals surface area contributed by atoms with Crippen molar-refractivity contribution in [2.45, 2.75) is 43.9 Å². The van der Waals surface area contributed by atoms with E-state index in [1.807, 2.05) is 31.2 Å². The van der Waals surface area contributed by atoms with E-state index in [-0.39, 0.29) is 17.7 Å². The summed E-state index contributed by atoms with van der Waals surface area (Å²) in [6.45, 7) is 2.02. The molecule has 1 unspecified atom stereocenters. The van der Waals surface area contributed by atoms with Crippen LogP contribution in [0.25, 0.3) is 11.5 Å². The first-order valence-corrected chi connectivity index (χ1v) is 11.5. The number of halogens is 1. The van der Waals surface area contributed by atoms with E-state index in [9.17, 15) is 4.79 Å². The van der Waals surface area contributed by atoms with Crippen LogP contribution in [0.1, 0.15) is 42.5 Å². The quantitative estimate of drug-likeness (QED) is 0.490. The number of nitrogens with one attached hydrogen (secondary N) is 1. The molecule has 0 aliphatic heterocycles. The molecule has 0 radical (unpaired) electrons. The van der Waals surface area contributed by atoms with Gasteiger partial charge >= 0.3 is 0 Å². The molecule has 0 spiro atoms. The van der Waals surface area contributed by atoms with E-state index in [1.165, 1.54) is 42.2 Å². The number of aryl methyl sites for hydroxylation is 2. The first-order chi connectivity index (χ1) is 14.1. The van der Waals surface area contributed by atoms with E-state index < -0.39 is 0 Å². The molecule has 0 bridgehead atoms. The van der Waals surface area contributed by atoms with Crippen LogP contribution in [0.5, 0.6) is 0 Å². The van der Waals surface area contributed by atoms with Gasteiger partial charge in [0.05, 0.1) is 11.8 Å². The Hall–Kier alpha value is -2.12. The highest BCUT2D eigenvalue weighted by Gasteiger charge is 2.16. The fourth-order valence-electron chi connectivity index (χ4n) is 3.49. The van der Waals surface area contributed by atoms with Gasteiger partial charge in [-0.1, -0.05) is 45.9 Å². The van der Waals surface area contributed by atoms with Crippen molar-refractivity contribution in [1.82, 2.24) is 15.5 Å². The molecule has 1 aliphatic carbocycles. The van der Waals surface area contributed by atoms with E-state index in [2.05, 4.69) is 49.6 Å². The number of aromatic nitrogens is 2. The fourth-order valence-corrected chi connectivity index (χ4v) is 4.33. The van der Waals surface area contributed by atoms with Gasteiger partial charge in [0.15, 0.2) is 0 Å². The molecule has 4 rings (SSSR count). The van der Waals surface area contributed by atoms with Gasteiger partial charge in [-0.2, -0.15) is 0 Å². The maximum atomic E-state index is 12.4. The molecule has 29 heavy (non-hydrogen) atoms. The summed E-state index contributed by atoms with van der Waals surface area (Å²) in [4.78, 5) is 12.4. The summed E-state index contributed by atoms with van der Waals surface area (Å²) in [5.41, 5.74) is 4.87. The number of amides is 1. The van der Waals surface area contributed by atoms with Crippen LogP contribution >= 0.6 is 27.7 Å². The van der Waals surface area contributed by atoms with Gasteiger partial charge in [0.25, 0.3) is 5.22 Å². The summed E-state index contributed by atoms with van der Waals surface area (Å²) in [7, 11) is 0. The molecular formula is C22H22BrN3O2S. The third-order valence-corrected chi connectivity index (χ3v) is 6.42. The van der Waals surface area contributed by atoms with Gasteiger partial charge in [0, 0.05) is 10.0 Å². The molecule has 1 N–H and O–H groups in total. The van der Waals surface area contributed by atoms with Gasteiger partial charge < -0.3 is 9.73 Å². The van der Waals surface area contributed by atoms with Gasteiger partial charge in [-0.15, -0.1) is 10.2 Å². The summed E-state index contributed by atoms with van der Waals surface area (Å²) < 4.78 is 6.64. The third kappa shape index (κ3) is 5.08. The molecule has 5 nitrogen and oxygen atoms in total. The molecule has 1 amide bonds. The largest absolute Gasteiger partial charge is 0.411 e. The van der Waals surface area contributed by atoms with Crippen molar-refractivity contribution in [2.24, 2.45) is 0 Å². The minimum Gasteiger partial charge on any atom is -0.411 e. The molecule has 0 fully saturated rings. The minimum atomic E-state index is -0.0522. The highest BCUT2D eigenvalue weighted by molar-refractivity contribution is 9.10. The standard InChI is InChI=1S/C22H22BrN3O2S/c1-14(17-7-6-15-4-2-3-5-18(15)12-17)24-20(27)13-29-22-26-25-21(28-22)16-8-10-19(23)11-9-16/h6-12,14H,2-5,13H2,1H3,(H,24,27). The number of carbonyl (C=O) groups excluding carboxylic acids is 1. The summed E-state index contributed by atoms with van der Waals surface area (Å²) >= 11 is 4.65. The molecule has 1 heterocycles. The second-order valence-corrected chi connectivity index (χ2v) is 9.04. The van der Waals surface area contributed by atoms with Crippen molar-refractivity contribution in [2.75, 3.05) is 5.75 Å². The second kappa shape index (κ2) is 9.13. The van der Waals surface area contributed by atoms with Crippen molar-refractivity contribution in [3.8, 4) is 11.5 Å². The highest BCUT2D eigenvalue weighted by Crippen LogP contribution is 2.26. The maximum absolute atomic E-state index is 12.4. The van der Waals surface area contributed by atoms with Crippen molar-refractivity contribution in [3.05, 3.63) is 63.6 Å². The number of nitrogens with zero attached hydrogens (tertiary/aromatic N) is 2. The lowest BCUT2D eigenvalue weighted by Gasteiger charge is -2.20. The monoisotopic (exact) mass is 471 g/mol. The zero-order valence-corrected chi connectivity index (χ0v) is 18.6. The van der Waals surface area contributed by atoms with Crippen LogP contribution in [-0.2, 0) is 17.6 Å². The lowest BCUT2D eigenvalue weighted by molar-refractivity contribution is -0.119. The van der Waals surface area contributed by atoms with Crippen molar-refractivity contribution < 1.29 is 9.21 Å². The number of hydrogen-bond donors (Lipinski definition) is 1. The van der Waals surface area contributed by atoms with Crippen LogP contribution in [0, 0.1) is 0 Å². The summed E-state index contributed by atoms with van der Waals surface area (Å²) in [6, 6.07) is 14.2. The van der Waals surface area contributed by atoms with Crippen LogP contribution < -0.4 is 5.32 Å². The molecule has 0 saturated heterocycles. The predicted molar refractivity (Wildman–Crippen MR) is 118 cm³/mol. The van der Waals surface area contributed by atoms with Gasteiger partial charge in [0.1, 0.15) is 0 Å². The summed E-state index contributed by atoms with van der Waals surface area (Å²) in [5.74, 6) is 0.628. The number of rotatable bonds is 6. The Balaban J connectivity index is 1.31. The van der Waals surface area contributed by atoms with Crippen molar-refractivity contribution >= 4 is 33.6 Å². The Morgan fingerprint density at radius 3 is 2.69 bits per heavy atom. The first kappa shape index (κ1) is 20.2. The smallest absolute Gasteiger partial charge is 0.277 e.